The Morgan fingerprint density at radius 1 is 1.15 bits per heavy atom. The fourth-order valence-electron chi connectivity index (χ4n) is 3.44. The van der Waals surface area contributed by atoms with Crippen LogP contribution in [0.2, 0.25) is 0 Å². The summed E-state index contributed by atoms with van der Waals surface area (Å²) in [5.41, 5.74) is 4.07. The number of amides is 1. The number of hydrogen-bond acceptors (Lipinski definition) is 3. The van der Waals surface area contributed by atoms with E-state index in [2.05, 4.69) is 11.4 Å². The number of fused-ring (bicyclic) bond motifs is 1. The molecule has 1 heterocycles. The minimum atomic E-state index is -0.325. The molecular formula is C22H27NO3. The van der Waals surface area contributed by atoms with E-state index in [0.717, 1.165) is 34.6 Å². The highest BCUT2D eigenvalue weighted by molar-refractivity contribution is 5.78. The fraction of sp³-hybridized carbons (Fsp3) is 0.409. The molecule has 138 valence electrons. The van der Waals surface area contributed by atoms with Crippen molar-refractivity contribution in [3.05, 3.63) is 58.7 Å². The number of ether oxygens (including phenoxy) is 2. The molecule has 1 N–H and O–H groups in total. The Balaban J connectivity index is 1.70. The van der Waals surface area contributed by atoms with E-state index in [9.17, 15) is 4.79 Å². The number of benzene rings is 2. The van der Waals surface area contributed by atoms with Crippen molar-refractivity contribution in [3.63, 3.8) is 0 Å². The average molecular weight is 353 g/mol. The van der Waals surface area contributed by atoms with Crippen molar-refractivity contribution in [1.82, 2.24) is 5.32 Å². The summed E-state index contributed by atoms with van der Waals surface area (Å²) in [5.74, 6) is 1.46. The van der Waals surface area contributed by atoms with Gasteiger partial charge in [-0.2, -0.15) is 0 Å². The first kappa shape index (κ1) is 18.3. The summed E-state index contributed by atoms with van der Waals surface area (Å²) in [6.45, 7) is 10.2. The zero-order valence-electron chi connectivity index (χ0n) is 16.2. The van der Waals surface area contributed by atoms with Gasteiger partial charge in [0.05, 0.1) is 6.04 Å². The molecule has 26 heavy (non-hydrogen) atoms. The van der Waals surface area contributed by atoms with Crippen molar-refractivity contribution in [2.45, 2.75) is 52.7 Å². The molecule has 0 radical (unpaired) electrons. The standard InChI is InChI=1S/C22H27NO3/c1-14-6-8-19(16(3)10-14)25-13-21(24)23-18-12-22(4,5)26-20-9-7-15(2)11-17(18)20/h6-11,18H,12-13H2,1-5H3,(H,23,24)/t18-/m0/s1. The number of nitrogens with one attached hydrogen (secondary N) is 1. The van der Waals surface area contributed by atoms with Crippen LogP contribution in [0.1, 0.15) is 48.6 Å². The van der Waals surface area contributed by atoms with Crippen molar-refractivity contribution >= 4 is 5.91 Å². The summed E-state index contributed by atoms with van der Waals surface area (Å²) in [5, 5.41) is 3.12. The van der Waals surface area contributed by atoms with Crippen LogP contribution in [0.15, 0.2) is 36.4 Å². The van der Waals surface area contributed by atoms with E-state index in [-0.39, 0.29) is 24.2 Å². The van der Waals surface area contributed by atoms with E-state index < -0.39 is 0 Å². The van der Waals surface area contributed by atoms with Crippen molar-refractivity contribution in [2.24, 2.45) is 0 Å². The van der Waals surface area contributed by atoms with Crippen LogP contribution in [-0.2, 0) is 4.79 Å². The highest BCUT2D eigenvalue weighted by Gasteiger charge is 2.34. The van der Waals surface area contributed by atoms with Gasteiger partial charge in [0, 0.05) is 12.0 Å². The zero-order valence-corrected chi connectivity index (χ0v) is 16.2. The van der Waals surface area contributed by atoms with Crippen molar-refractivity contribution in [2.75, 3.05) is 6.61 Å². The summed E-state index contributed by atoms with van der Waals surface area (Å²) in [4.78, 5) is 12.5. The van der Waals surface area contributed by atoms with Crippen LogP contribution >= 0.6 is 0 Å². The molecule has 0 aliphatic carbocycles. The maximum Gasteiger partial charge on any atom is 0.258 e. The van der Waals surface area contributed by atoms with E-state index in [1.807, 2.05) is 65.0 Å². The van der Waals surface area contributed by atoms with E-state index in [1.54, 1.807) is 0 Å². The van der Waals surface area contributed by atoms with Crippen LogP contribution < -0.4 is 14.8 Å². The zero-order chi connectivity index (χ0) is 18.9. The summed E-state index contributed by atoms with van der Waals surface area (Å²) < 4.78 is 11.8. The van der Waals surface area contributed by atoms with Gasteiger partial charge in [0.15, 0.2) is 6.61 Å². The topological polar surface area (TPSA) is 47.6 Å². The first-order chi connectivity index (χ1) is 12.2. The van der Waals surface area contributed by atoms with Crippen LogP contribution in [0.5, 0.6) is 11.5 Å². The van der Waals surface area contributed by atoms with Gasteiger partial charge < -0.3 is 14.8 Å². The summed E-state index contributed by atoms with van der Waals surface area (Å²) in [6, 6.07) is 12.0. The molecular weight excluding hydrogens is 326 g/mol. The van der Waals surface area contributed by atoms with E-state index in [1.165, 1.54) is 5.56 Å². The van der Waals surface area contributed by atoms with Gasteiger partial charge in [0.1, 0.15) is 17.1 Å². The molecule has 0 bridgehead atoms. The lowest BCUT2D eigenvalue weighted by atomic mass is 9.89. The number of carbonyl (C=O) groups excluding carboxylic acids is 1. The molecule has 0 saturated carbocycles. The van der Waals surface area contributed by atoms with Gasteiger partial charge in [0.25, 0.3) is 5.91 Å². The molecule has 1 aliphatic rings. The minimum absolute atomic E-state index is 0.00281. The number of rotatable bonds is 4. The Labute approximate surface area is 155 Å². The lowest BCUT2D eigenvalue weighted by molar-refractivity contribution is -0.124. The number of aryl methyl sites for hydroxylation is 3. The molecule has 0 spiro atoms. The predicted molar refractivity (Wildman–Crippen MR) is 103 cm³/mol. The van der Waals surface area contributed by atoms with Gasteiger partial charge in [-0.3, -0.25) is 4.79 Å². The summed E-state index contributed by atoms with van der Waals surface area (Å²) >= 11 is 0. The molecule has 1 aliphatic heterocycles. The van der Waals surface area contributed by atoms with Crippen LogP contribution in [0.3, 0.4) is 0 Å². The van der Waals surface area contributed by atoms with Gasteiger partial charge >= 0.3 is 0 Å². The maximum absolute atomic E-state index is 12.5. The molecule has 2 aromatic carbocycles. The number of carbonyl (C=O) groups is 1. The lowest BCUT2D eigenvalue weighted by Gasteiger charge is -2.38. The fourth-order valence-corrected chi connectivity index (χ4v) is 3.44. The van der Waals surface area contributed by atoms with Gasteiger partial charge in [0.2, 0.25) is 0 Å². The van der Waals surface area contributed by atoms with Crippen molar-refractivity contribution < 1.29 is 14.3 Å². The van der Waals surface area contributed by atoms with Crippen molar-refractivity contribution in [1.29, 1.82) is 0 Å². The van der Waals surface area contributed by atoms with Gasteiger partial charge in [-0.1, -0.05) is 35.4 Å². The molecule has 0 aromatic heterocycles. The second-order valence-electron chi connectivity index (χ2n) is 7.78. The lowest BCUT2D eigenvalue weighted by Crippen LogP contribution is -2.42. The predicted octanol–water partition coefficient (Wildman–Crippen LogP) is 4.41. The molecule has 1 amide bonds. The Hall–Kier alpha value is -2.49. The molecule has 3 rings (SSSR count). The quantitative estimate of drug-likeness (QED) is 0.886. The molecule has 1 atom stereocenters. The smallest absolute Gasteiger partial charge is 0.258 e. The van der Waals surface area contributed by atoms with Gasteiger partial charge in [-0.15, -0.1) is 0 Å². The normalized spacial score (nSPS) is 17.8. The van der Waals surface area contributed by atoms with E-state index in [4.69, 9.17) is 9.47 Å². The molecule has 2 aromatic rings. The highest BCUT2D eigenvalue weighted by atomic mass is 16.5. The van der Waals surface area contributed by atoms with Crippen LogP contribution in [0.25, 0.3) is 0 Å². The molecule has 0 saturated heterocycles. The third-order valence-electron chi connectivity index (χ3n) is 4.65. The number of hydrogen-bond donors (Lipinski definition) is 1. The summed E-state index contributed by atoms with van der Waals surface area (Å²) in [7, 11) is 0. The Morgan fingerprint density at radius 2 is 1.85 bits per heavy atom. The second-order valence-corrected chi connectivity index (χ2v) is 7.78. The Morgan fingerprint density at radius 3 is 2.58 bits per heavy atom. The van der Waals surface area contributed by atoms with E-state index >= 15 is 0 Å². The maximum atomic E-state index is 12.5. The SMILES string of the molecule is Cc1ccc(OCC(=O)N[C@H]2CC(C)(C)Oc3ccc(C)cc32)c(C)c1. The van der Waals surface area contributed by atoms with Gasteiger partial charge in [-0.25, -0.2) is 0 Å². The summed E-state index contributed by atoms with van der Waals surface area (Å²) in [6.07, 6.45) is 0.721. The second kappa shape index (κ2) is 7.02. The van der Waals surface area contributed by atoms with Gasteiger partial charge in [-0.05, 0) is 52.3 Å². The minimum Gasteiger partial charge on any atom is -0.487 e. The first-order valence-corrected chi connectivity index (χ1v) is 9.02. The molecule has 0 fully saturated rings. The van der Waals surface area contributed by atoms with Crippen LogP contribution in [0, 0.1) is 20.8 Å². The molecule has 4 heteroatoms. The highest BCUT2D eigenvalue weighted by Crippen LogP contribution is 2.39. The monoisotopic (exact) mass is 353 g/mol. The molecule has 0 unspecified atom stereocenters. The van der Waals surface area contributed by atoms with Crippen LogP contribution in [0.4, 0.5) is 0 Å². The molecule has 4 nitrogen and oxygen atoms in total. The third kappa shape index (κ3) is 4.18. The van der Waals surface area contributed by atoms with Crippen LogP contribution in [-0.4, -0.2) is 18.1 Å². The van der Waals surface area contributed by atoms with E-state index in [0.29, 0.717) is 0 Å². The Kier molecular flexibility index (Phi) is 4.94. The Bertz CT molecular complexity index is 826. The average Bonchev–Trinajstić information content (AvgIpc) is 2.54. The third-order valence-corrected chi connectivity index (χ3v) is 4.65. The largest absolute Gasteiger partial charge is 0.487 e. The first-order valence-electron chi connectivity index (χ1n) is 9.02. The van der Waals surface area contributed by atoms with Crippen molar-refractivity contribution in [3.8, 4) is 11.5 Å².